The summed E-state index contributed by atoms with van der Waals surface area (Å²) in [5.74, 6) is 0.583. The molecular weight excluding hydrogens is 408 g/mol. The molecule has 0 unspecified atom stereocenters. The van der Waals surface area contributed by atoms with Gasteiger partial charge in [0.25, 0.3) is 5.91 Å². The molecule has 5 rings (SSSR count). The first-order chi connectivity index (χ1) is 15.2. The van der Waals surface area contributed by atoms with Gasteiger partial charge in [-0.25, -0.2) is 4.98 Å². The summed E-state index contributed by atoms with van der Waals surface area (Å²) >= 11 is 1.57. The number of amides is 1. The summed E-state index contributed by atoms with van der Waals surface area (Å²) in [4.78, 5) is 19.0. The van der Waals surface area contributed by atoms with E-state index in [2.05, 4.69) is 40.1 Å². The molecule has 2 aromatic carbocycles. The third-order valence-corrected chi connectivity index (χ3v) is 6.81. The van der Waals surface area contributed by atoms with Crippen molar-refractivity contribution in [2.75, 3.05) is 29.2 Å². The van der Waals surface area contributed by atoms with Gasteiger partial charge in [-0.05, 0) is 18.9 Å². The van der Waals surface area contributed by atoms with Gasteiger partial charge in [0.15, 0.2) is 11.7 Å². The van der Waals surface area contributed by atoms with Gasteiger partial charge in [-0.3, -0.25) is 4.79 Å². The number of aromatic nitrogens is 1. The predicted octanol–water partition coefficient (Wildman–Crippen LogP) is 5.65. The van der Waals surface area contributed by atoms with E-state index in [0.717, 1.165) is 27.8 Å². The standard InChI is InChI=1S/C24H26N4O2S/c1-28(17-10-6-3-7-11-17)21-13-22-19(25-23(29)14-30-22)12-18(21)26-24-27-20(15-31-24)16-8-4-2-5-9-16/h2,4-5,8-9,12-13,15,17H,3,6-7,10-11,14H2,1H3,(H,25,29)(H,26,27). The second kappa shape index (κ2) is 8.59. The Bertz CT molecular complexity index is 1080. The van der Waals surface area contributed by atoms with Crippen LogP contribution in [0.3, 0.4) is 0 Å². The highest BCUT2D eigenvalue weighted by Gasteiger charge is 2.25. The SMILES string of the molecule is CN(c1cc2c(cc1Nc1nc(-c3ccccc3)cs1)NC(=O)CO2)C1CCCCC1. The molecule has 1 saturated carbocycles. The number of ether oxygens (including phenoxy) is 1. The fraction of sp³-hybridized carbons (Fsp3) is 0.333. The van der Waals surface area contributed by atoms with Crippen molar-refractivity contribution < 1.29 is 9.53 Å². The van der Waals surface area contributed by atoms with Crippen molar-refractivity contribution in [3.8, 4) is 17.0 Å². The molecule has 1 aliphatic heterocycles. The normalized spacial score (nSPS) is 16.2. The monoisotopic (exact) mass is 434 g/mol. The third kappa shape index (κ3) is 4.23. The lowest BCUT2D eigenvalue weighted by molar-refractivity contribution is -0.118. The molecule has 2 heterocycles. The summed E-state index contributed by atoms with van der Waals surface area (Å²) in [6, 6.07) is 14.7. The van der Waals surface area contributed by atoms with Crippen LogP contribution >= 0.6 is 11.3 Å². The number of carbonyl (C=O) groups excluding carboxylic acids is 1. The van der Waals surface area contributed by atoms with Crippen LogP contribution in [0.15, 0.2) is 47.8 Å². The molecule has 0 radical (unpaired) electrons. The molecule has 3 aromatic rings. The van der Waals surface area contributed by atoms with E-state index in [-0.39, 0.29) is 12.5 Å². The third-order valence-electron chi connectivity index (χ3n) is 6.05. The number of anilines is 4. The topological polar surface area (TPSA) is 66.5 Å². The Morgan fingerprint density at radius 3 is 2.77 bits per heavy atom. The van der Waals surface area contributed by atoms with Gasteiger partial charge < -0.3 is 20.3 Å². The van der Waals surface area contributed by atoms with Crippen LogP contribution in [0.2, 0.25) is 0 Å². The first kappa shape index (κ1) is 19.9. The highest BCUT2D eigenvalue weighted by molar-refractivity contribution is 7.14. The van der Waals surface area contributed by atoms with Gasteiger partial charge in [-0.1, -0.05) is 49.6 Å². The Hall–Kier alpha value is -3.06. The number of rotatable bonds is 5. The first-order valence-corrected chi connectivity index (χ1v) is 11.7. The molecular formula is C24H26N4O2S. The van der Waals surface area contributed by atoms with Gasteiger partial charge in [0.1, 0.15) is 5.75 Å². The molecule has 6 nitrogen and oxygen atoms in total. The minimum absolute atomic E-state index is 0.0548. The summed E-state index contributed by atoms with van der Waals surface area (Å²) in [5.41, 5.74) is 4.73. The fourth-order valence-electron chi connectivity index (χ4n) is 4.36. The first-order valence-electron chi connectivity index (χ1n) is 10.8. The van der Waals surface area contributed by atoms with Gasteiger partial charge in [-0.15, -0.1) is 11.3 Å². The average Bonchev–Trinajstić information content (AvgIpc) is 3.28. The minimum atomic E-state index is -0.132. The quantitative estimate of drug-likeness (QED) is 0.543. The van der Waals surface area contributed by atoms with Gasteiger partial charge >= 0.3 is 0 Å². The molecule has 1 aliphatic carbocycles. The van der Waals surface area contributed by atoms with Crippen LogP contribution in [0.4, 0.5) is 22.2 Å². The molecule has 160 valence electrons. The Balaban J connectivity index is 1.48. The lowest BCUT2D eigenvalue weighted by atomic mass is 9.94. The summed E-state index contributed by atoms with van der Waals surface area (Å²) < 4.78 is 5.70. The fourth-order valence-corrected chi connectivity index (χ4v) is 5.09. The van der Waals surface area contributed by atoms with Crippen LogP contribution in [0.25, 0.3) is 11.3 Å². The number of nitrogens with zero attached hydrogens (tertiary/aromatic N) is 2. The van der Waals surface area contributed by atoms with Crippen molar-refractivity contribution in [1.29, 1.82) is 0 Å². The van der Waals surface area contributed by atoms with Crippen molar-refractivity contribution in [1.82, 2.24) is 4.98 Å². The van der Waals surface area contributed by atoms with Crippen LogP contribution in [0.1, 0.15) is 32.1 Å². The zero-order valence-electron chi connectivity index (χ0n) is 17.6. The second-order valence-corrected chi connectivity index (χ2v) is 8.99. The van der Waals surface area contributed by atoms with Crippen LogP contribution in [0, 0.1) is 0 Å². The molecule has 0 atom stereocenters. The maximum Gasteiger partial charge on any atom is 0.262 e. The van der Waals surface area contributed by atoms with Crippen LogP contribution < -0.4 is 20.3 Å². The Kier molecular flexibility index (Phi) is 5.51. The van der Waals surface area contributed by atoms with E-state index in [4.69, 9.17) is 9.72 Å². The van der Waals surface area contributed by atoms with Crippen LogP contribution in [-0.4, -0.2) is 30.6 Å². The van der Waals surface area contributed by atoms with Crippen molar-refractivity contribution in [3.63, 3.8) is 0 Å². The van der Waals surface area contributed by atoms with E-state index in [1.54, 1.807) is 11.3 Å². The molecule has 1 fully saturated rings. The van der Waals surface area contributed by atoms with Crippen molar-refractivity contribution in [2.45, 2.75) is 38.1 Å². The van der Waals surface area contributed by atoms with Gasteiger partial charge in [-0.2, -0.15) is 0 Å². The lowest BCUT2D eigenvalue weighted by Gasteiger charge is -2.35. The predicted molar refractivity (Wildman–Crippen MR) is 127 cm³/mol. The van der Waals surface area contributed by atoms with E-state index < -0.39 is 0 Å². The number of fused-ring (bicyclic) bond motifs is 1. The summed E-state index contributed by atoms with van der Waals surface area (Å²) in [5, 5.41) is 9.31. The molecule has 0 saturated heterocycles. The number of hydrogen-bond acceptors (Lipinski definition) is 6. The summed E-state index contributed by atoms with van der Waals surface area (Å²) in [6.07, 6.45) is 6.24. The molecule has 31 heavy (non-hydrogen) atoms. The van der Waals surface area contributed by atoms with Crippen LogP contribution in [-0.2, 0) is 4.79 Å². The summed E-state index contributed by atoms with van der Waals surface area (Å²) in [6.45, 7) is 0.0548. The molecule has 1 amide bonds. The van der Waals surface area contributed by atoms with Gasteiger partial charge in [0.2, 0.25) is 0 Å². The molecule has 7 heteroatoms. The smallest absolute Gasteiger partial charge is 0.262 e. The molecule has 0 spiro atoms. The van der Waals surface area contributed by atoms with E-state index >= 15 is 0 Å². The van der Waals surface area contributed by atoms with Crippen molar-refractivity contribution in [3.05, 3.63) is 47.8 Å². The average molecular weight is 435 g/mol. The number of hydrogen-bond donors (Lipinski definition) is 2. The Morgan fingerprint density at radius 2 is 1.97 bits per heavy atom. The largest absolute Gasteiger partial charge is 0.482 e. The summed E-state index contributed by atoms with van der Waals surface area (Å²) in [7, 11) is 2.15. The molecule has 2 aliphatic rings. The van der Waals surface area contributed by atoms with Crippen molar-refractivity contribution in [2.24, 2.45) is 0 Å². The number of carbonyl (C=O) groups is 1. The number of nitrogens with one attached hydrogen (secondary N) is 2. The van der Waals surface area contributed by atoms with Crippen molar-refractivity contribution >= 4 is 39.4 Å². The van der Waals surface area contributed by atoms with Gasteiger partial charge in [0.05, 0.1) is 22.8 Å². The Labute approximate surface area is 186 Å². The second-order valence-electron chi connectivity index (χ2n) is 8.13. The highest BCUT2D eigenvalue weighted by Crippen LogP contribution is 2.42. The Morgan fingerprint density at radius 1 is 1.16 bits per heavy atom. The van der Waals surface area contributed by atoms with E-state index in [1.807, 2.05) is 30.3 Å². The number of benzene rings is 2. The zero-order valence-corrected chi connectivity index (χ0v) is 18.4. The maximum absolute atomic E-state index is 11.8. The van der Waals surface area contributed by atoms with Crippen LogP contribution in [0.5, 0.6) is 5.75 Å². The van der Waals surface area contributed by atoms with Gasteiger partial charge in [0, 0.05) is 30.1 Å². The molecule has 0 bridgehead atoms. The van der Waals surface area contributed by atoms with E-state index in [1.165, 1.54) is 32.1 Å². The maximum atomic E-state index is 11.8. The minimum Gasteiger partial charge on any atom is -0.482 e. The zero-order chi connectivity index (χ0) is 21.2. The van der Waals surface area contributed by atoms with E-state index in [9.17, 15) is 4.79 Å². The highest BCUT2D eigenvalue weighted by atomic mass is 32.1. The molecule has 2 N–H and O–H groups in total. The lowest BCUT2D eigenvalue weighted by Crippen LogP contribution is -2.34. The van der Waals surface area contributed by atoms with E-state index in [0.29, 0.717) is 17.5 Å². The number of thiazole rings is 1. The molecule has 1 aromatic heterocycles.